The molecule has 4 nitrogen and oxygen atoms in total. The van der Waals surface area contributed by atoms with Crippen LogP contribution in [-0.4, -0.2) is 17.0 Å². The second-order valence-corrected chi connectivity index (χ2v) is 3.31. The van der Waals surface area contributed by atoms with Crippen LogP contribution < -0.4 is 5.32 Å². The van der Waals surface area contributed by atoms with E-state index >= 15 is 0 Å². The molecule has 1 atom stereocenters. The van der Waals surface area contributed by atoms with Crippen LogP contribution in [0.15, 0.2) is 24.3 Å². The van der Waals surface area contributed by atoms with Crippen molar-refractivity contribution < 1.29 is 14.7 Å². The Morgan fingerprint density at radius 3 is 2.47 bits per heavy atom. The molecule has 4 heteroatoms. The topological polar surface area (TPSA) is 66.4 Å². The molecule has 1 aromatic rings. The zero-order chi connectivity index (χ0) is 11.4. The van der Waals surface area contributed by atoms with E-state index in [1.54, 1.807) is 25.1 Å². The molecule has 1 amide bonds. The van der Waals surface area contributed by atoms with Crippen LogP contribution in [0.3, 0.4) is 0 Å². The molecule has 0 saturated heterocycles. The Hall–Kier alpha value is -1.84. The maximum absolute atomic E-state index is 10.9. The van der Waals surface area contributed by atoms with Gasteiger partial charge in [-0.05, 0) is 18.6 Å². The zero-order valence-corrected chi connectivity index (χ0v) is 8.65. The number of carbonyl (C=O) groups is 2. The number of benzene rings is 1. The van der Waals surface area contributed by atoms with Crippen LogP contribution >= 0.6 is 0 Å². The van der Waals surface area contributed by atoms with E-state index in [-0.39, 0.29) is 17.5 Å². The van der Waals surface area contributed by atoms with Gasteiger partial charge in [0.1, 0.15) is 0 Å². The highest BCUT2D eigenvalue weighted by molar-refractivity contribution is 5.89. The van der Waals surface area contributed by atoms with Crippen LogP contribution in [0.1, 0.15) is 35.8 Å². The molecular weight excluding hydrogens is 194 g/mol. The van der Waals surface area contributed by atoms with Gasteiger partial charge in [-0.1, -0.05) is 18.2 Å². The van der Waals surface area contributed by atoms with E-state index in [0.717, 1.165) is 0 Å². The number of aromatic carboxylic acids is 1. The Balaban J connectivity index is 3.02. The predicted molar refractivity (Wildman–Crippen MR) is 55.6 cm³/mol. The summed E-state index contributed by atoms with van der Waals surface area (Å²) in [6.07, 6.45) is 0. The highest BCUT2D eigenvalue weighted by atomic mass is 16.4. The summed E-state index contributed by atoms with van der Waals surface area (Å²) in [6, 6.07) is 6.34. The SMILES string of the molecule is CC(=O)NC(C)c1ccccc1C(=O)O. The Kier molecular flexibility index (Phi) is 3.44. The molecule has 0 spiro atoms. The van der Waals surface area contributed by atoms with Gasteiger partial charge in [0.15, 0.2) is 0 Å². The van der Waals surface area contributed by atoms with Gasteiger partial charge in [-0.15, -0.1) is 0 Å². The third kappa shape index (κ3) is 2.80. The van der Waals surface area contributed by atoms with Crippen LogP contribution in [0.25, 0.3) is 0 Å². The summed E-state index contributed by atoms with van der Waals surface area (Å²) in [5.74, 6) is -1.16. The summed E-state index contributed by atoms with van der Waals surface area (Å²) in [4.78, 5) is 21.7. The van der Waals surface area contributed by atoms with E-state index in [4.69, 9.17) is 5.11 Å². The molecule has 1 unspecified atom stereocenters. The molecule has 0 aromatic heterocycles. The number of hydrogen-bond donors (Lipinski definition) is 2. The molecule has 0 saturated carbocycles. The van der Waals surface area contributed by atoms with Gasteiger partial charge >= 0.3 is 5.97 Å². The minimum atomic E-state index is -0.984. The summed E-state index contributed by atoms with van der Waals surface area (Å²) in [7, 11) is 0. The van der Waals surface area contributed by atoms with Crippen molar-refractivity contribution in [1.82, 2.24) is 5.32 Å². The van der Waals surface area contributed by atoms with Crippen LogP contribution in [0.4, 0.5) is 0 Å². The van der Waals surface area contributed by atoms with E-state index in [0.29, 0.717) is 5.56 Å². The van der Waals surface area contributed by atoms with Gasteiger partial charge in [0.2, 0.25) is 5.91 Å². The maximum atomic E-state index is 10.9. The number of carbonyl (C=O) groups excluding carboxylic acids is 1. The van der Waals surface area contributed by atoms with Crippen molar-refractivity contribution in [1.29, 1.82) is 0 Å². The molecule has 0 bridgehead atoms. The molecule has 0 heterocycles. The number of carboxylic acids is 1. The van der Waals surface area contributed by atoms with Gasteiger partial charge in [0, 0.05) is 6.92 Å². The average molecular weight is 207 g/mol. The Morgan fingerprint density at radius 2 is 1.93 bits per heavy atom. The van der Waals surface area contributed by atoms with Gasteiger partial charge < -0.3 is 10.4 Å². The van der Waals surface area contributed by atoms with E-state index in [9.17, 15) is 9.59 Å². The molecule has 0 radical (unpaired) electrons. The summed E-state index contributed by atoms with van der Waals surface area (Å²) >= 11 is 0. The van der Waals surface area contributed by atoms with E-state index in [2.05, 4.69) is 5.32 Å². The second kappa shape index (κ2) is 4.59. The van der Waals surface area contributed by atoms with Gasteiger partial charge in [-0.3, -0.25) is 4.79 Å². The summed E-state index contributed by atoms with van der Waals surface area (Å²) in [5, 5.41) is 11.6. The third-order valence-electron chi connectivity index (χ3n) is 2.08. The van der Waals surface area contributed by atoms with Gasteiger partial charge in [-0.25, -0.2) is 4.79 Å². The Morgan fingerprint density at radius 1 is 1.33 bits per heavy atom. The minimum Gasteiger partial charge on any atom is -0.478 e. The first-order valence-electron chi connectivity index (χ1n) is 4.61. The third-order valence-corrected chi connectivity index (χ3v) is 2.08. The van der Waals surface area contributed by atoms with Crippen molar-refractivity contribution in [3.8, 4) is 0 Å². The molecular formula is C11H13NO3. The lowest BCUT2D eigenvalue weighted by Crippen LogP contribution is -2.25. The van der Waals surface area contributed by atoms with Gasteiger partial charge in [-0.2, -0.15) is 0 Å². The highest BCUT2D eigenvalue weighted by Crippen LogP contribution is 2.17. The van der Waals surface area contributed by atoms with E-state index in [1.807, 2.05) is 0 Å². The smallest absolute Gasteiger partial charge is 0.336 e. The van der Waals surface area contributed by atoms with Crippen molar-refractivity contribution in [2.75, 3.05) is 0 Å². The lowest BCUT2D eigenvalue weighted by molar-refractivity contribution is -0.119. The maximum Gasteiger partial charge on any atom is 0.336 e. The van der Waals surface area contributed by atoms with E-state index in [1.165, 1.54) is 13.0 Å². The van der Waals surface area contributed by atoms with Crippen LogP contribution in [0, 0.1) is 0 Å². The summed E-state index contributed by atoms with van der Waals surface area (Å²) in [5.41, 5.74) is 0.832. The molecule has 0 aliphatic carbocycles. The van der Waals surface area contributed by atoms with E-state index < -0.39 is 5.97 Å². The van der Waals surface area contributed by atoms with Crippen molar-refractivity contribution in [2.24, 2.45) is 0 Å². The molecule has 1 rings (SSSR count). The predicted octanol–water partition coefficient (Wildman–Crippen LogP) is 1.58. The molecule has 0 aliphatic rings. The fourth-order valence-corrected chi connectivity index (χ4v) is 1.45. The monoisotopic (exact) mass is 207 g/mol. The second-order valence-electron chi connectivity index (χ2n) is 3.31. The number of hydrogen-bond acceptors (Lipinski definition) is 2. The fourth-order valence-electron chi connectivity index (χ4n) is 1.45. The highest BCUT2D eigenvalue weighted by Gasteiger charge is 2.14. The molecule has 0 fully saturated rings. The van der Waals surface area contributed by atoms with Gasteiger partial charge in [0.25, 0.3) is 0 Å². The van der Waals surface area contributed by atoms with Crippen molar-refractivity contribution >= 4 is 11.9 Å². The van der Waals surface area contributed by atoms with Crippen molar-refractivity contribution in [3.63, 3.8) is 0 Å². The molecule has 15 heavy (non-hydrogen) atoms. The lowest BCUT2D eigenvalue weighted by Gasteiger charge is -2.14. The Bertz CT molecular complexity index is 387. The molecule has 0 aliphatic heterocycles. The normalized spacial score (nSPS) is 11.9. The lowest BCUT2D eigenvalue weighted by atomic mass is 10.0. The number of amides is 1. The average Bonchev–Trinajstić information content (AvgIpc) is 2.16. The number of rotatable bonds is 3. The molecule has 2 N–H and O–H groups in total. The number of carboxylic acid groups (broad SMARTS) is 1. The van der Waals surface area contributed by atoms with Crippen LogP contribution in [0.2, 0.25) is 0 Å². The van der Waals surface area contributed by atoms with Gasteiger partial charge in [0.05, 0.1) is 11.6 Å². The standard InChI is InChI=1S/C11H13NO3/c1-7(12-8(2)13)9-5-3-4-6-10(9)11(14)15/h3-7H,1-2H3,(H,12,13)(H,14,15). The first-order valence-corrected chi connectivity index (χ1v) is 4.61. The Labute approximate surface area is 87.9 Å². The van der Waals surface area contributed by atoms with Crippen molar-refractivity contribution in [3.05, 3.63) is 35.4 Å². The molecule has 1 aromatic carbocycles. The van der Waals surface area contributed by atoms with Crippen LogP contribution in [0.5, 0.6) is 0 Å². The first-order chi connectivity index (χ1) is 7.02. The summed E-state index contributed by atoms with van der Waals surface area (Å²) < 4.78 is 0. The fraction of sp³-hybridized carbons (Fsp3) is 0.273. The minimum absolute atomic E-state index is 0.178. The largest absolute Gasteiger partial charge is 0.478 e. The number of nitrogens with one attached hydrogen (secondary N) is 1. The first kappa shape index (κ1) is 11.2. The van der Waals surface area contributed by atoms with Crippen molar-refractivity contribution in [2.45, 2.75) is 19.9 Å². The quantitative estimate of drug-likeness (QED) is 0.790. The summed E-state index contributed by atoms with van der Waals surface area (Å²) in [6.45, 7) is 3.16. The zero-order valence-electron chi connectivity index (χ0n) is 8.65. The van der Waals surface area contributed by atoms with Crippen LogP contribution in [-0.2, 0) is 4.79 Å². The molecule has 80 valence electrons.